The maximum absolute atomic E-state index is 11.0. The summed E-state index contributed by atoms with van der Waals surface area (Å²) in [5, 5.41) is 5.25. The molecular formula is C23H17NNa2O6S2. The third-order valence-corrected chi connectivity index (χ3v) is 6.84. The van der Waals surface area contributed by atoms with Crippen molar-refractivity contribution in [1.29, 1.82) is 0 Å². The molecule has 11 heteroatoms. The van der Waals surface area contributed by atoms with Crippen molar-refractivity contribution < 1.29 is 85.1 Å². The molecule has 7 nitrogen and oxygen atoms in total. The van der Waals surface area contributed by atoms with Gasteiger partial charge < -0.3 is 9.11 Å². The van der Waals surface area contributed by atoms with E-state index in [4.69, 9.17) is 0 Å². The molecule has 1 unspecified atom stereocenters. The van der Waals surface area contributed by atoms with Gasteiger partial charge in [0.1, 0.15) is 10.1 Å². The molecule has 34 heavy (non-hydrogen) atoms. The van der Waals surface area contributed by atoms with Gasteiger partial charge in [0, 0.05) is 6.20 Å². The molecule has 1 heterocycles. The average Bonchev–Trinajstić information content (AvgIpc) is 2.76. The van der Waals surface area contributed by atoms with E-state index >= 15 is 0 Å². The fraction of sp³-hybridized carbons (Fsp3) is 0.0435. The zero-order chi connectivity index (χ0) is 22.9. The molecule has 2 aliphatic rings. The summed E-state index contributed by atoms with van der Waals surface area (Å²) in [6, 6.07) is 20.3. The molecule has 0 bridgehead atoms. The van der Waals surface area contributed by atoms with Crippen LogP contribution >= 0.6 is 0 Å². The third-order valence-electron chi connectivity index (χ3n) is 5.07. The van der Waals surface area contributed by atoms with Crippen LogP contribution in [0.4, 0.5) is 0 Å². The molecule has 164 valence electrons. The minimum atomic E-state index is -4.78. The van der Waals surface area contributed by atoms with Gasteiger partial charge in [0.15, 0.2) is 10.3 Å². The van der Waals surface area contributed by atoms with Crippen LogP contribution < -0.4 is 59.1 Å². The Bertz CT molecular complexity index is 1440. The first kappa shape index (κ1) is 29.0. The number of hydrogen-bond acceptors (Lipinski definition) is 6. The largest absolute Gasteiger partial charge is 1.00 e. The van der Waals surface area contributed by atoms with Crippen molar-refractivity contribution in [2.45, 2.75) is 6.04 Å². The minimum Gasteiger partial charge on any atom is -0.744 e. The van der Waals surface area contributed by atoms with E-state index in [1.807, 2.05) is 0 Å². The van der Waals surface area contributed by atoms with E-state index in [1.165, 1.54) is 45.8 Å². The molecule has 3 aromatic rings. The summed E-state index contributed by atoms with van der Waals surface area (Å²) in [7, 11) is -9.52. The summed E-state index contributed by atoms with van der Waals surface area (Å²) in [4.78, 5) is -0.534. The van der Waals surface area contributed by atoms with Gasteiger partial charge in [-0.1, -0.05) is 66.8 Å². The van der Waals surface area contributed by atoms with Crippen molar-refractivity contribution in [2.75, 3.05) is 0 Å². The van der Waals surface area contributed by atoms with Crippen molar-refractivity contribution in [2.24, 2.45) is 0 Å². The van der Waals surface area contributed by atoms with Crippen LogP contribution in [-0.4, -0.2) is 36.3 Å². The molecule has 0 aromatic heterocycles. The second-order valence-electron chi connectivity index (χ2n) is 7.11. The molecular weight excluding hydrogens is 496 g/mol. The first-order chi connectivity index (χ1) is 15.1. The van der Waals surface area contributed by atoms with E-state index in [0.717, 1.165) is 12.3 Å². The van der Waals surface area contributed by atoms with Crippen LogP contribution in [0.1, 0.15) is 0 Å². The van der Waals surface area contributed by atoms with Crippen molar-refractivity contribution in [1.82, 2.24) is 4.31 Å². The van der Waals surface area contributed by atoms with Crippen LogP contribution in [0.2, 0.25) is 0 Å². The molecule has 0 spiro atoms. The molecule has 5 rings (SSSR count). The second kappa shape index (κ2) is 11.7. The number of benzene rings is 3. The first-order valence-corrected chi connectivity index (χ1v) is 12.3. The van der Waals surface area contributed by atoms with E-state index < -0.39 is 31.4 Å². The quantitative estimate of drug-likeness (QED) is 0.214. The first-order valence-electron chi connectivity index (χ1n) is 9.50. The molecule has 1 aliphatic heterocycles. The molecule has 0 saturated carbocycles. The zero-order valence-electron chi connectivity index (χ0n) is 18.5. The Morgan fingerprint density at radius 3 is 1.59 bits per heavy atom. The molecule has 0 fully saturated rings. The maximum atomic E-state index is 11.0. The zero-order valence-corrected chi connectivity index (χ0v) is 24.2. The van der Waals surface area contributed by atoms with Crippen molar-refractivity contribution in [3.63, 3.8) is 0 Å². The normalized spacial score (nSPS) is 16.9. The van der Waals surface area contributed by atoms with Crippen molar-refractivity contribution >= 4 is 42.0 Å². The Kier molecular flexibility index (Phi) is 9.95. The minimum absolute atomic E-state index is 0. The Labute approximate surface area is 242 Å². The Morgan fingerprint density at radius 2 is 1.18 bits per heavy atom. The second-order valence-corrected chi connectivity index (χ2v) is 9.74. The molecule has 0 radical (unpaired) electrons. The monoisotopic (exact) mass is 513 g/mol. The van der Waals surface area contributed by atoms with Gasteiger partial charge in [-0.3, -0.25) is 4.31 Å². The maximum Gasteiger partial charge on any atom is 1.00 e. The van der Waals surface area contributed by atoms with Crippen molar-refractivity contribution in [3.05, 3.63) is 108 Å². The van der Waals surface area contributed by atoms with E-state index in [-0.39, 0.29) is 64.7 Å². The SMILES string of the molecule is O=S(=O)([O-])C1=CC=CC2C1=CC=CN2S(=O)(=O)[O-].[Na+].[Na+].c1ccc2cc3ccccc3cc2c1. The van der Waals surface area contributed by atoms with Crippen LogP contribution in [-0.2, 0) is 20.4 Å². The summed E-state index contributed by atoms with van der Waals surface area (Å²) in [6.45, 7) is 0. The standard InChI is InChI=1S/C14H10.C9H9NO6S2.2Na/c1-2-6-12-10-14-8-4-3-7-13(14)9-11(12)5-1;11-17(12,13)9-5-1-4-8-7(9)3-2-6-10(8)18(14,15)16;;/h1-10H;1-6,8H,(H,11,12,13)(H,14,15,16);;/q;;2*+1/p-2. The molecule has 1 aliphatic carbocycles. The van der Waals surface area contributed by atoms with Gasteiger partial charge in [-0.05, 0) is 51.4 Å². The van der Waals surface area contributed by atoms with Crippen LogP contribution in [0.25, 0.3) is 21.5 Å². The van der Waals surface area contributed by atoms with E-state index in [9.17, 15) is 25.9 Å². The van der Waals surface area contributed by atoms with Gasteiger partial charge in [-0.15, -0.1) is 0 Å². The number of allylic oxidation sites excluding steroid dienone is 4. The molecule has 0 amide bonds. The van der Waals surface area contributed by atoms with Crippen LogP contribution in [0.15, 0.2) is 108 Å². The van der Waals surface area contributed by atoms with E-state index in [0.29, 0.717) is 4.31 Å². The number of fused-ring (bicyclic) bond motifs is 3. The van der Waals surface area contributed by atoms with Crippen LogP contribution in [0, 0.1) is 0 Å². The topological polar surface area (TPSA) is 118 Å². The molecule has 1 atom stereocenters. The number of nitrogens with zero attached hydrogens (tertiary/aromatic N) is 1. The molecule has 0 saturated heterocycles. The van der Waals surface area contributed by atoms with Crippen LogP contribution in [0.5, 0.6) is 0 Å². The fourth-order valence-corrected chi connectivity index (χ4v) is 5.05. The van der Waals surface area contributed by atoms with E-state index in [1.54, 1.807) is 0 Å². The Balaban J connectivity index is 0.000000232. The summed E-state index contributed by atoms with van der Waals surface area (Å²) in [5.41, 5.74) is -0.0329. The number of rotatable bonds is 2. The smallest absolute Gasteiger partial charge is 0.744 e. The summed E-state index contributed by atoms with van der Waals surface area (Å²) < 4.78 is 66.6. The number of hydrogen-bond donors (Lipinski definition) is 0. The molecule has 3 aromatic carbocycles. The predicted molar refractivity (Wildman–Crippen MR) is 121 cm³/mol. The third kappa shape index (κ3) is 6.50. The summed E-state index contributed by atoms with van der Waals surface area (Å²) in [6.07, 6.45) is 7.11. The van der Waals surface area contributed by atoms with Crippen molar-refractivity contribution in [3.8, 4) is 0 Å². The van der Waals surface area contributed by atoms with Gasteiger partial charge in [-0.25, -0.2) is 16.8 Å². The van der Waals surface area contributed by atoms with Gasteiger partial charge in [-0.2, -0.15) is 0 Å². The van der Waals surface area contributed by atoms with Gasteiger partial charge in [0.05, 0.1) is 10.9 Å². The van der Waals surface area contributed by atoms with Gasteiger partial charge >= 0.3 is 59.1 Å². The van der Waals surface area contributed by atoms with Gasteiger partial charge in [0.2, 0.25) is 0 Å². The van der Waals surface area contributed by atoms with Gasteiger partial charge in [0.25, 0.3) is 0 Å². The summed E-state index contributed by atoms with van der Waals surface area (Å²) >= 11 is 0. The summed E-state index contributed by atoms with van der Waals surface area (Å²) in [5.74, 6) is 0. The van der Waals surface area contributed by atoms with Crippen LogP contribution in [0.3, 0.4) is 0 Å². The Morgan fingerprint density at radius 1 is 0.706 bits per heavy atom. The average molecular weight is 514 g/mol. The fourth-order valence-electron chi connectivity index (χ4n) is 3.64. The Hall–Kier alpha value is -1.24. The predicted octanol–water partition coefficient (Wildman–Crippen LogP) is -2.43. The van der Waals surface area contributed by atoms with E-state index in [2.05, 4.69) is 60.7 Å². The molecule has 0 N–H and O–H groups in total.